The molecule has 1 heterocycles. The molecule has 1 aliphatic heterocycles. The number of nitrogens with two attached hydrogens (primary N) is 1. The molecule has 0 aromatic rings. The summed E-state index contributed by atoms with van der Waals surface area (Å²) >= 11 is 0. The summed E-state index contributed by atoms with van der Waals surface area (Å²) in [6, 6.07) is -5.17. The van der Waals surface area contributed by atoms with E-state index in [1.54, 1.807) is 0 Å². The Bertz CT molecular complexity index is 635. The fourth-order valence-corrected chi connectivity index (χ4v) is 2.70. The van der Waals surface area contributed by atoms with E-state index in [4.69, 9.17) is 10.8 Å². The van der Waals surface area contributed by atoms with Gasteiger partial charge in [0.25, 0.3) is 0 Å². The highest BCUT2D eigenvalue weighted by Gasteiger charge is 2.32. The number of carboxylic acid groups (broad SMARTS) is 1. The average molecular weight is 417 g/mol. The van der Waals surface area contributed by atoms with Crippen molar-refractivity contribution in [2.24, 2.45) is 5.73 Å². The van der Waals surface area contributed by atoms with Crippen molar-refractivity contribution in [2.45, 2.75) is 56.5 Å². The first-order valence-electron chi connectivity index (χ1n) is 9.01. The summed E-state index contributed by atoms with van der Waals surface area (Å²) in [5, 5.41) is 37.2. The van der Waals surface area contributed by atoms with E-state index in [0.717, 1.165) is 13.3 Å². The summed E-state index contributed by atoms with van der Waals surface area (Å²) in [6.07, 6.45) is -0.664. The van der Waals surface area contributed by atoms with Gasteiger partial charge in [-0.3, -0.25) is 19.2 Å². The molecule has 5 unspecified atom stereocenters. The summed E-state index contributed by atoms with van der Waals surface area (Å²) in [6.45, 7) is 0.873. The maximum absolute atomic E-state index is 12.4. The second kappa shape index (κ2) is 11.3. The van der Waals surface area contributed by atoms with Crippen LogP contribution >= 0.6 is 0 Å². The van der Waals surface area contributed by atoms with Crippen molar-refractivity contribution in [3.05, 3.63) is 0 Å². The third-order valence-electron chi connectivity index (χ3n) is 4.28. The Morgan fingerprint density at radius 1 is 1.10 bits per heavy atom. The van der Waals surface area contributed by atoms with Gasteiger partial charge in [-0.25, -0.2) is 4.79 Å². The van der Waals surface area contributed by atoms with Crippen LogP contribution in [0, 0.1) is 0 Å². The molecule has 1 saturated heterocycles. The molecule has 4 amide bonds. The first-order valence-corrected chi connectivity index (χ1v) is 9.01. The minimum absolute atomic E-state index is 0.519. The predicted octanol–water partition coefficient (Wildman–Crippen LogP) is -4.47. The van der Waals surface area contributed by atoms with Gasteiger partial charge in [0.05, 0.1) is 25.2 Å². The van der Waals surface area contributed by atoms with E-state index < -0.39 is 72.9 Å². The lowest BCUT2D eigenvalue weighted by Gasteiger charge is -2.24. The van der Waals surface area contributed by atoms with Crippen molar-refractivity contribution in [2.75, 3.05) is 13.2 Å². The van der Waals surface area contributed by atoms with E-state index >= 15 is 0 Å². The van der Waals surface area contributed by atoms with Crippen LogP contribution in [0.5, 0.6) is 0 Å². The van der Waals surface area contributed by atoms with Crippen LogP contribution < -0.4 is 27.0 Å². The summed E-state index contributed by atoms with van der Waals surface area (Å²) < 4.78 is 0. The molecule has 9 N–H and O–H groups in total. The summed E-state index contributed by atoms with van der Waals surface area (Å²) in [4.78, 5) is 59.1. The quantitative estimate of drug-likeness (QED) is 0.162. The number of amides is 4. The Hall–Kier alpha value is -2.77. The second-order valence-corrected chi connectivity index (χ2v) is 6.69. The molecule has 0 saturated carbocycles. The number of nitrogens with one attached hydrogen (secondary N) is 4. The average Bonchev–Trinajstić information content (AvgIpc) is 3.16. The lowest BCUT2D eigenvalue weighted by atomic mass is 10.1. The molecule has 13 nitrogen and oxygen atoms in total. The van der Waals surface area contributed by atoms with Crippen LogP contribution in [-0.2, 0) is 24.0 Å². The monoisotopic (exact) mass is 417 g/mol. The van der Waals surface area contributed by atoms with Gasteiger partial charge in [-0.15, -0.1) is 0 Å². The van der Waals surface area contributed by atoms with Crippen molar-refractivity contribution in [1.82, 2.24) is 21.3 Å². The first-order chi connectivity index (χ1) is 13.6. The summed E-state index contributed by atoms with van der Waals surface area (Å²) in [5.74, 6) is -4.95. The number of rotatable bonds is 11. The Morgan fingerprint density at radius 3 is 2.17 bits per heavy atom. The molecule has 29 heavy (non-hydrogen) atoms. The van der Waals surface area contributed by atoms with Gasteiger partial charge >= 0.3 is 5.97 Å². The number of primary amides is 1. The lowest BCUT2D eigenvalue weighted by molar-refractivity contribution is -0.145. The van der Waals surface area contributed by atoms with Gasteiger partial charge in [0.15, 0.2) is 6.04 Å². The molecule has 0 spiro atoms. The molecule has 0 radical (unpaired) electrons. The maximum Gasteiger partial charge on any atom is 0.328 e. The van der Waals surface area contributed by atoms with Crippen molar-refractivity contribution >= 4 is 29.6 Å². The van der Waals surface area contributed by atoms with Crippen LogP contribution in [0.15, 0.2) is 0 Å². The highest BCUT2D eigenvalue weighted by Crippen LogP contribution is 2.06. The van der Waals surface area contributed by atoms with E-state index in [1.165, 1.54) is 0 Å². The maximum atomic E-state index is 12.4. The van der Waals surface area contributed by atoms with Crippen LogP contribution in [0.3, 0.4) is 0 Å². The molecule has 1 aliphatic rings. The number of aliphatic carboxylic acids is 1. The van der Waals surface area contributed by atoms with Gasteiger partial charge in [-0.05, 0) is 26.3 Å². The summed E-state index contributed by atoms with van der Waals surface area (Å²) in [7, 11) is 0. The highest BCUT2D eigenvalue weighted by atomic mass is 16.4. The predicted molar refractivity (Wildman–Crippen MR) is 97.0 cm³/mol. The lowest BCUT2D eigenvalue weighted by Crippen LogP contribution is -2.59. The Balaban J connectivity index is 2.80. The zero-order valence-corrected chi connectivity index (χ0v) is 15.9. The number of aliphatic hydroxyl groups is 2. The molecule has 0 aromatic heterocycles. The zero-order chi connectivity index (χ0) is 22.1. The first kappa shape index (κ1) is 24.3. The van der Waals surface area contributed by atoms with E-state index in [1.807, 2.05) is 5.32 Å². The standard InChI is InChI=1S/C16H27N5O8/c1-7(23)12(16(28)29)21-15(27)10(6-22)20-14(26)9(5-11(17)24)19-13(25)8-3-2-4-18-8/h7-10,12,18,22-23H,2-6H2,1H3,(H2,17,24)(H,19,25)(H,20,26)(H,21,27)(H,28,29). The number of carbonyl (C=O) groups excluding carboxylic acids is 4. The number of carbonyl (C=O) groups is 5. The van der Waals surface area contributed by atoms with E-state index in [0.29, 0.717) is 13.0 Å². The van der Waals surface area contributed by atoms with Crippen LogP contribution in [0.1, 0.15) is 26.2 Å². The van der Waals surface area contributed by atoms with Crippen molar-refractivity contribution < 1.29 is 39.3 Å². The van der Waals surface area contributed by atoms with Gasteiger partial charge < -0.3 is 42.3 Å². The number of hydrogen-bond acceptors (Lipinski definition) is 8. The third-order valence-corrected chi connectivity index (χ3v) is 4.28. The van der Waals surface area contributed by atoms with Gasteiger partial charge in [0.2, 0.25) is 23.6 Å². The smallest absolute Gasteiger partial charge is 0.328 e. The molecular weight excluding hydrogens is 390 g/mol. The van der Waals surface area contributed by atoms with Crippen LogP contribution in [-0.4, -0.2) is 88.3 Å². The minimum atomic E-state index is -1.66. The fraction of sp³-hybridized carbons (Fsp3) is 0.688. The second-order valence-electron chi connectivity index (χ2n) is 6.69. The Labute approximate surface area is 166 Å². The van der Waals surface area contributed by atoms with Crippen molar-refractivity contribution in [3.8, 4) is 0 Å². The SMILES string of the molecule is CC(O)C(NC(=O)C(CO)NC(=O)C(CC(N)=O)NC(=O)C1CCCN1)C(=O)O. The molecule has 1 fully saturated rings. The van der Waals surface area contributed by atoms with E-state index in [-0.39, 0.29) is 0 Å². The van der Waals surface area contributed by atoms with Gasteiger partial charge in [0, 0.05) is 0 Å². The molecule has 13 heteroatoms. The van der Waals surface area contributed by atoms with Crippen LogP contribution in [0.4, 0.5) is 0 Å². The molecule has 5 atom stereocenters. The molecule has 0 bridgehead atoms. The van der Waals surface area contributed by atoms with E-state index in [2.05, 4.69) is 16.0 Å². The number of carboxylic acids is 1. The van der Waals surface area contributed by atoms with Crippen LogP contribution in [0.25, 0.3) is 0 Å². The third kappa shape index (κ3) is 7.63. The molecule has 0 aromatic carbocycles. The van der Waals surface area contributed by atoms with Gasteiger partial charge in [-0.2, -0.15) is 0 Å². The topological polar surface area (TPSA) is 220 Å². The minimum Gasteiger partial charge on any atom is -0.480 e. The van der Waals surface area contributed by atoms with Gasteiger partial charge in [0.1, 0.15) is 12.1 Å². The fourth-order valence-electron chi connectivity index (χ4n) is 2.70. The molecule has 1 rings (SSSR count). The molecule has 164 valence electrons. The Morgan fingerprint density at radius 2 is 1.72 bits per heavy atom. The van der Waals surface area contributed by atoms with Crippen molar-refractivity contribution in [1.29, 1.82) is 0 Å². The van der Waals surface area contributed by atoms with Crippen LogP contribution in [0.2, 0.25) is 0 Å². The largest absolute Gasteiger partial charge is 0.480 e. The molecule has 0 aliphatic carbocycles. The van der Waals surface area contributed by atoms with E-state index in [9.17, 15) is 34.2 Å². The zero-order valence-electron chi connectivity index (χ0n) is 15.9. The number of hydrogen-bond donors (Lipinski definition) is 8. The normalized spacial score (nSPS) is 20.0. The Kier molecular flexibility index (Phi) is 9.44. The summed E-state index contributed by atoms with van der Waals surface area (Å²) in [5.41, 5.74) is 5.11. The van der Waals surface area contributed by atoms with Gasteiger partial charge in [-0.1, -0.05) is 0 Å². The van der Waals surface area contributed by atoms with Crippen molar-refractivity contribution in [3.63, 3.8) is 0 Å². The number of aliphatic hydroxyl groups excluding tert-OH is 2. The molecular formula is C16H27N5O8. The highest BCUT2D eigenvalue weighted by molar-refractivity contribution is 5.96.